The highest BCUT2D eigenvalue weighted by atomic mass is 16.5. The number of hydrogen-bond donors (Lipinski definition) is 1. The van der Waals surface area contributed by atoms with Crippen LogP contribution >= 0.6 is 0 Å². The van der Waals surface area contributed by atoms with E-state index >= 15 is 0 Å². The maximum atomic E-state index is 11.6. The lowest BCUT2D eigenvalue weighted by atomic mass is 10.1. The van der Waals surface area contributed by atoms with Gasteiger partial charge in [0.15, 0.2) is 0 Å². The summed E-state index contributed by atoms with van der Waals surface area (Å²) in [5, 5.41) is 10.4. The fourth-order valence-electron chi connectivity index (χ4n) is 4.07. The first-order valence-electron chi connectivity index (χ1n) is 11.2. The Balaban J connectivity index is 1.68. The molecule has 5 aromatic rings. The molecule has 0 bridgehead atoms. The van der Waals surface area contributed by atoms with Crippen molar-refractivity contribution in [2.75, 3.05) is 0 Å². The smallest absolute Gasteiger partial charge is 0.327 e. The molecular formula is C28H23N3O4. The zero-order chi connectivity index (χ0) is 24.4. The number of hydrogen-bond acceptors (Lipinski definition) is 5. The van der Waals surface area contributed by atoms with Crippen molar-refractivity contribution in [1.82, 2.24) is 14.5 Å². The van der Waals surface area contributed by atoms with E-state index < -0.39 is 5.97 Å². The van der Waals surface area contributed by atoms with Crippen LogP contribution in [0.5, 0.6) is 23.4 Å². The van der Waals surface area contributed by atoms with Crippen LogP contribution in [0.3, 0.4) is 0 Å². The average molecular weight is 466 g/mol. The van der Waals surface area contributed by atoms with E-state index in [4.69, 9.17) is 9.47 Å². The van der Waals surface area contributed by atoms with Crippen LogP contribution in [0.15, 0.2) is 84.9 Å². The second kappa shape index (κ2) is 9.30. The van der Waals surface area contributed by atoms with Crippen LogP contribution < -0.4 is 9.47 Å². The van der Waals surface area contributed by atoms with E-state index in [1.165, 1.54) is 0 Å². The van der Waals surface area contributed by atoms with Gasteiger partial charge in [0, 0.05) is 17.1 Å². The molecule has 2 heterocycles. The largest absolute Gasteiger partial charge is 0.481 e. The third-order valence-corrected chi connectivity index (χ3v) is 5.63. The van der Waals surface area contributed by atoms with Gasteiger partial charge in [0.1, 0.15) is 17.3 Å². The Labute approximate surface area is 202 Å². The molecule has 5 rings (SSSR count). The predicted molar refractivity (Wildman–Crippen MR) is 133 cm³/mol. The summed E-state index contributed by atoms with van der Waals surface area (Å²) in [6.07, 6.45) is -0.0926. The normalized spacial score (nSPS) is 10.9. The summed E-state index contributed by atoms with van der Waals surface area (Å²) in [6.45, 7) is 3.88. The molecule has 1 N–H and O–H groups in total. The number of nitrogens with zero attached hydrogens (tertiary/aromatic N) is 3. The van der Waals surface area contributed by atoms with Crippen LogP contribution in [0.2, 0.25) is 0 Å². The summed E-state index contributed by atoms with van der Waals surface area (Å²) in [7, 11) is 0. The van der Waals surface area contributed by atoms with E-state index in [1.54, 1.807) is 6.07 Å². The predicted octanol–water partition coefficient (Wildman–Crippen LogP) is 6.25. The zero-order valence-electron chi connectivity index (χ0n) is 19.3. The number of aromatic nitrogens is 3. The monoisotopic (exact) mass is 465 g/mol. The first-order valence-corrected chi connectivity index (χ1v) is 11.2. The number of carbonyl (C=O) groups is 1. The van der Waals surface area contributed by atoms with Gasteiger partial charge >= 0.3 is 12.0 Å². The molecule has 174 valence electrons. The molecule has 0 spiro atoms. The van der Waals surface area contributed by atoms with Crippen molar-refractivity contribution in [3.8, 4) is 29.2 Å². The molecule has 3 aromatic carbocycles. The summed E-state index contributed by atoms with van der Waals surface area (Å²) in [6, 6.07) is 26.4. The standard InChI is InChI=1S/C28H23N3O4/c1-18-13-14-24-23(15-18)22(16-27(32)33)19(2)31(24)25-17-26(34-20-9-5-3-6-10-20)30-28(29-25)35-21-11-7-4-8-12-21/h3-15,17H,16H2,1-2H3,(H,32,33). The summed E-state index contributed by atoms with van der Waals surface area (Å²) in [4.78, 5) is 20.8. The minimum absolute atomic E-state index is 0.0926. The van der Waals surface area contributed by atoms with Crippen LogP contribution in [-0.2, 0) is 11.2 Å². The number of para-hydroxylation sites is 2. The van der Waals surface area contributed by atoms with Gasteiger partial charge < -0.3 is 14.6 Å². The van der Waals surface area contributed by atoms with Crippen molar-refractivity contribution in [3.63, 3.8) is 0 Å². The van der Waals surface area contributed by atoms with E-state index in [9.17, 15) is 9.90 Å². The van der Waals surface area contributed by atoms with Crippen molar-refractivity contribution in [3.05, 3.63) is 102 Å². The Morgan fingerprint density at radius 1 is 0.857 bits per heavy atom. The van der Waals surface area contributed by atoms with E-state index in [-0.39, 0.29) is 12.4 Å². The molecule has 0 fully saturated rings. The quantitative estimate of drug-likeness (QED) is 0.306. The number of rotatable bonds is 7. The Hall–Kier alpha value is -4.65. The fourth-order valence-corrected chi connectivity index (χ4v) is 4.07. The molecule has 0 saturated carbocycles. The lowest BCUT2D eigenvalue weighted by Crippen LogP contribution is -2.06. The molecule has 0 radical (unpaired) electrons. The van der Waals surface area contributed by atoms with Crippen molar-refractivity contribution in [1.29, 1.82) is 0 Å². The molecule has 0 unspecified atom stereocenters. The van der Waals surface area contributed by atoms with E-state index in [0.29, 0.717) is 23.2 Å². The van der Waals surface area contributed by atoms with Gasteiger partial charge in [0.25, 0.3) is 0 Å². The van der Waals surface area contributed by atoms with Crippen molar-refractivity contribution in [2.45, 2.75) is 20.3 Å². The molecule has 0 aliphatic rings. The second-order valence-electron chi connectivity index (χ2n) is 8.17. The summed E-state index contributed by atoms with van der Waals surface area (Å²) in [5.41, 5.74) is 3.42. The molecule has 0 atom stereocenters. The molecule has 0 amide bonds. The van der Waals surface area contributed by atoms with Crippen LogP contribution in [0, 0.1) is 13.8 Å². The van der Waals surface area contributed by atoms with Crippen LogP contribution in [0.25, 0.3) is 16.7 Å². The molecule has 2 aromatic heterocycles. The lowest BCUT2D eigenvalue weighted by molar-refractivity contribution is -0.136. The van der Waals surface area contributed by atoms with Crippen LogP contribution in [-0.4, -0.2) is 25.6 Å². The summed E-state index contributed by atoms with van der Waals surface area (Å²) in [5.74, 6) is 1.14. The number of aryl methyl sites for hydroxylation is 1. The van der Waals surface area contributed by atoms with Gasteiger partial charge in [0.05, 0.1) is 11.9 Å². The average Bonchev–Trinajstić information content (AvgIpc) is 3.10. The fraction of sp³-hybridized carbons (Fsp3) is 0.107. The zero-order valence-corrected chi connectivity index (χ0v) is 19.3. The topological polar surface area (TPSA) is 86.5 Å². The van der Waals surface area contributed by atoms with Crippen molar-refractivity contribution < 1.29 is 19.4 Å². The number of carboxylic acids is 1. The third-order valence-electron chi connectivity index (χ3n) is 5.63. The summed E-state index contributed by atoms with van der Waals surface area (Å²) >= 11 is 0. The molecule has 7 heteroatoms. The van der Waals surface area contributed by atoms with Gasteiger partial charge in [-0.2, -0.15) is 9.97 Å². The van der Waals surface area contributed by atoms with Gasteiger partial charge in [-0.25, -0.2) is 0 Å². The Kier molecular flexibility index (Phi) is 5.89. The molecular weight excluding hydrogens is 442 g/mol. The SMILES string of the molecule is Cc1ccc2c(c1)c(CC(=O)O)c(C)n2-c1cc(Oc2ccccc2)nc(Oc2ccccc2)n1. The van der Waals surface area contributed by atoms with Crippen LogP contribution in [0.4, 0.5) is 0 Å². The molecule has 0 saturated heterocycles. The Morgan fingerprint density at radius 2 is 1.51 bits per heavy atom. The van der Waals surface area contributed by atoms with Crippen LogP contribution in [0.1, 0.15) is 16.8 Å². The van der Waals surface area contributed by atoms with Gasteiger partial charge in [0.2, 0.25) is 5.88 Å². The number of carboxylic acid groups (broad SMARTS) is 1. The van der Waals surface area contributed by atoms with Gasteiger partial charge in [-0.05, 0) is 55.8 Å². The molecule has 7 nitrogen and oxygen atoms in total. The minimum atomic E-state index is -0.891. The molecule has 35 heavy (non-hydrogen) atoms. The second-order valence-corrected chi connectivity index (χ2v) is 8.17. The number of fused-ring (bicyclic) bond motifs is 1. The number of ether oxygens (including phenoxy) is 2. The Bertz CT molecular complexity index is 1450. The number of benzene rings is 3. The maximum absolute atomic E-state index is 11.6. The van der Waals surface area contributed by atoms with Gasteiger partial charge in [-0.3, -0.25) is 9.36 Å². The lowest BCUT2D eigenvalue weighted by Gasteiger charge is -2.13. The highest BCUT2D eigenvalue weighted by molar-refractivity contribution is 5.90. The molecule has 0 aliphatic carbocycles. The highest BCUT2D eigenvalue weighted by Gasteiger charge is 2.20. The maximum Gasteiger partial charge on any atom is 0.327 e. The van der Waals surface area contributed by atoms with Crippen molar-refractivity contribution >= 4 is 16.9 Å². The van der Waals surface area contributed by atoms with E-state index in [2.05, 4.69) is 9.97 Å². The van der Waals surface area contributed by atoms with E-state index in [1.807, 2.05) is 97.3 Å². The van der Waals surface area contributed by atoms with Gasteiger partial charge in [-0.15, -0.1) is 0 Å². The first-order chi connectivity index (χ1) is 17.0. The minimum Gasteiger partial charge on any atom is -0.481 e. The van der Waals surface area contributed by atoms with E-state index in [0.717, 1.165) is 27.7 Å². The Morgan fingerprint density at radius 3 is 2.17 bits per heavy atom. The van der Waals surface area contributed by atoms with Crippen molar-refractivity contribution in [2.24, 2.45) is 0 Å². The third kappa shape index (κ3) is 4.70. The molecule has 0 aliphatic heterocycles. The number of aliphatic carboxylic acids is 1. The summed E-state index contributed by atoms with van der Waals surface area (Å²) < 4.78 is 13.9. The highest BCUT2D eigenvalue weighted by Crippen LogP contribution is 2.33. The first kappa shape index (κ1) is 22.2. The van der Waals surface area contributed by atoms with Gasteiger partial charge in [-0.1, -0.05) is 48.0 Å².